The van der Waals surface area contributed by atoms with Crippen molar-refractivity contribution in [1.29, 1.82) is 0 Å². The van der Waals surface area contributed by atoms with E-state index < -0.39 is 0 Å². The van der Waals surface area contributed by atoms with Crippen LogP contribution in [-0.4, -0.2) is 18.1 Å². The van der Waals surface area contributed by atoms with Crippen molar-refractivity contribution in [2.75, 3.05) is 23.7 Å². The molecule has 0 bridgehead atoms. The summed E-state index contributed by atoms with van der Waals surface area (Å²) in [5.41, 5.74) is 7.10. The Morgan fingerprint density at radius 3 is 2.71 bits per heavy atom. The second-order valence-corrected chi connectivity index (χ2v) is 5.38. The van der Waals surface area contributed by atoms with E-state index in [4.69, 9.17) is 17.3 Å². The molecule has 0 radical (unpaired) electrons. The maximum atomic E-state index is 5.98. The van der Waals surface area contributed by atoms with Crippen LogP contribution in [0, 0.1) is 5.41 Å². The van der Waals surface area contributed by atoms with Gasteiger partial charge in [0.15, 0.2) is 5.82 Å². The normalized spacial score (nSPS) is 18.6. The zero-order valence-electron chi connectivity index (χ0n) is 10.5. The van der Waals surface area contributed by atoms with E-state index in [1.165, 1.54) is 19.3 Å². The first-order valence-corrected chi connectivity index (χ1v) is 6.64. The highest BCUT2D eigenvalue weighted by molar-refractivity contribution is 6.30. The van der Waals surface area contributed by atoms with Gasteiger partial charge in [-0.25, -0.2) is 4.98 Å². The molecule has 2 heterocycles. The second kappa shape index (κ2) is 4.73. The SMILES string of the molecule is CCC1(CC)CCN(c2ncc(Cl)cc2N)C1. The van der Waals surface area contributed by atoms with E-state index in [1.807, 2.05) is 0 Å². The number of pyridine rings is 1. The van der Waals surface area contributed by atoms with Gasteiger partial charge in [0.1, 0.15) is 0 Å². The van der Waals surface area contributed by atoms with Gasteiger partial charge in [-0.2, -0.15) is 0 Å². The number of nitrogen functional groups attached to an aromatic ring is 1. The van der Waals surface area contributed by atoms with Gasteiger partial charge in [-0.15, -0.1) is 0 Å². The maximum Gasteiger partial charge on any atom is 0.151 e. The van der Waals surface area contributed by atoms with E-state index in [0.29, 0.717) is 16.1 Å². The summed E-state index contributed by atoms with van der Waals surface area (Å²) in [4.78, 5) is 6.65. The Bertz CT molecular complexity index is 402. The topological polar surface area (TPSA) is 42.2 Å². The van der Waals surface area contributed by atoms with Gasteiger partial charge >= 0.3 is 0 Å². The standard InChI is InChI=1S/C13H20ClN3/c1-3-13(4-2)5-6-17(9-13)12-11(15)7-10(14)8-16-12/h7-8H,3-6,9,15H2,1-2H3. The van der Waals surface area contributed by atoms with Crippen molar-refractivity contribution in [3.05, 3.63) is 17.3 Å². The lowest BCUT2D eigenvalue weighted by Gasteiger charge is -2.27. The fraction of sp³-hybridized carbons (Fsp3) is 0.615. The zero-order valence-corrected chi connectivity index (χ0v) is 11.3. The number of aromatic nitrogens is 1. The predicted octanol–water partition coefficient (Wildman–Crippen LogP) is 3.33. The quantitative estimate of drug-likeness (QED) is 0.899. The fourth-order valence-corrected chi connectivity index (χ4v) is 2.82. The van der Waals surface area contributed by atoms with E-state index in [2.05, 4.69) is 23.7 Å². The van der Waals surface area contributed by atoms with Crippen LogP contribution in [0.2, 0.25) is 5.02 Å². The molecule has 1 aromatic heterocycles. The van der Waals surface area contributed by atoms with Crippen LogP contribution in [-0.2, 0) is 0 Å². The molecule has 0 aliphatic carbocycles. The molecular formula is C13H20ClN3. The molecule has 4 heteroatoms. The first-order valence-electron chi connectivity index (χ1n) is 6.26. The fourth-order valence-electron chi connectivity index (χ4n) is 2.66. The Labute approximate surface area is 108 Å². The van der Waals surface area contributed by atoms with Crippen LogP contribution in [0.15, 0.2) is 12.3 Å². The van der Waals surface area contributed by atoms with Gasteiger partial charge in [0.05, 0.1) is 10.7 Å². The van der Waals surface area contributed by atoms with E-state index in [0.717, 1.165) is 18.9 Å². The molecule has 2 N–H and O–H groups in total. The van der Waals surface area contributed by atoms with Crippen LogP contribution in [0.25, 0.3) is 0 Å². The van der Waals surface area contributed by atoms with Crippen molar-refractivity contribution >= 4 is 23.1 Å². The Morgan fingerprint density at radius 1 is 1.47 bits per heavy atom. The third kappa shape index (κ3) is 2.34. The van der Waals surface area contributed by atoms with E-state index in [-0.39, 0.29) is 0 Å². The molecule has 0 spiro atoms. The maximum absolute atomic E-state index is 5.98. The van der Waals surface area contributed by atoms with Crippen LogP contribution in [0.5, 0.6) is 0 Å². The molecule has 0 aromatic carbocycles. The Hall–Kier alpha value is -0.960. The average molecular weight is 254 g/mol. The van der Waals surface area contributed by atoms with Crippen LogP contribution >= 0.6 is 11.6 Å². The van der Waals surface area contributed by atoms with Gasteiger partial charge < -0.3 is 10.6 Å². The van der Waals surface area contributed by atoms with E-state index >= 15 is 0 Å². The molecular weight excluding hydrogens is 234 g/mol. The minimum atomic E-state index is 0.438. The van der Waals surface area contributed by atoms with Crippen molar-refractivity contribution in [2.45, 2.75) is 33.1 Å². The molecule has 1 saturated heterocycles. The van der Waals surface area contributed by atoms with E-state index in [1.54, 1.807) is 12.3 Å². The third-order valence-corrected chi connectivity index (χ3v) is 4.31. The minimum absolute atomic E-state index is 0.438. The molecule has 3 nitrogen and oxygen atoms in total. The van der Waals surface area contributed by atoms with Crippen molar-refractivity contribution in [2.24, 2.45) is 5.41 Å². The molecule has 1 fully saturated rings. The summed E-state index contributed by atoms with van der Waals surface area (Å²) in [5, 5.41) is 0.600. The number of halogens is 1. The van der Waals surface area contributed by atoms with Crippen molar-refractivity contribution in [3.8, 4) is 0 Å². The number of hydrogen-bond acceptors (Lipinski definition) is 3. The number of rotatable bonds is 3. The molecule has 94 valence electrons. The predicted molar refractivity (Wildman–Crippen MR) is 73.5 cm³/mol. The van der Waals surface area contributed by atoms with Crippen molar-refractivity contribution < 1.29 is 0 Å². The summed E-state index contributed by atoms with van der Waals surface area (Å²) in [6, 6.07) is 1.78. The van der Waals surface area contributed by atoms with Gasteiger partial charge in [0.25, 0.3) is 0 Å². The van der Waals surface area contributed by atoms with Gasteiger partial charge in [-0.05, 0) is 30.7 Å². The van der Waals surface area contributed by atoms with Crippen LogP contribution in [0.1, 0.15) is 33.1 Å². The lowest BCUT2D eigenvalue weighted by atomic mass is 9.82. The molecule has 1 aromatic rings. The number of nitrogens with zero attached hydrogens (tertiary/aromatic N) is 2. The molecule has 2 rings (SSSR count). The minimum Gasteiger partial charge on any atom is -0.396 e. The van der Waals surface area contributed by atoms with Crippen LogP contribution in [0.3, 0.4) is 0 Å². The summed E-state index contributed by atoms with van der Waals surface area (Å²) in [5.74, 6) is 0.887. The summed E-state index contributed by atoms with van der Waals surface area (Å²) in [6.45, 7) is 6.64. The molecule has 1 aliphatic heterocycles. The van der Waals surface area contributed by atoms with Crippen LogP contribution in [0.4, 0.5) is 11.5 Å². The first-order chi connectivity index (χ1) is 8.10. The van der Waals surface area contributed by atoms with Crippen molar-refractivity contribution in [3.63, 3.8) is 0 Å². The largest absolute Gasteiger partial charge is 0.396 e. The third-order valence-electron chi connectivity index (χ3n) is 4.10. The number of hydrogen-bond donors (Lipinski definition) is 1. The highest BCUT2D eigenvalue weighted by atomic mass is 35.5. The average Bonchev–Trinajstić information content (AvgIpc) is 2.74. The summed E-state index contributed by atoms with van der Waals surface area (Å²) in [7, 11) is 0. The molecule has 0 saturated carbocycles. The highest BCUT2D eigenvalue weighted by Gasteiger charge is 2.35. The van der Waals surface area contributed by atoms with Gasteiger partial charge in [0, 0.05) is 19.3 Å². The summed E-state index contributed by atoms with van der Waals surface area (Å²) < 4.78 is 0. The van der Waals surface area contributed by atoms with Crippen molar-refractivity contribution in [1.82, 2.24) is 4.98 Å². The lowest BCUT2D eigenvalue weighted by Crippen LogP contribution is -2.27. The first kappa shape index (κ1) is 12.5. The molecule has 17 heavy (non-hydrogen) atoms. The molecule has 0 amide bonds. The monoisotopic (exact) mass is 253 g/mol. The Morgan fingerprint density at radius 2 is 2.18 bits per heavy atom. The summed E-state index contributed by atoms with van der Waals surface area (Å²) >= 11 is 5.87. The molecule has 0 atom stereocenters. The lowest BCUT2D eigenvalue weighted by molar-refractivity contribution is 0.301. The number of nitrogens with two attached hydrogens (primary N) is 1. The molecule has 1 aliphatic rings. The number of anilines is 2. The molecule has 0 unspecified atom stereocenters. The Balaban J connectivity index is 2.20. The Kier molecular flexibility index (Phi) is 3.48. The smallest absolute Gasteiger partial charge is 0.151 e. The zero-order chi connectivity index (χ0) is 12.5. The van der Waals surface area contributed by atoms with E-state index in [9.17, 15) is 0 Å². The van der Waals surface area contributed by atoms with Gasteiger partial charge in [-0.3, -0.25) is 0 Å². The van der Waals surface area contributed by atoms with Crippen LogP contribution < -0.4 is 10.6 Å². The summed E-state index contributed by atoms with van der Waals surface area (Å²) in [6.07, 6.45) is 5.33. The van der Waals surface area contributed by atoms with Gasteiger partial charge in [-0.1, -0.05) is 25.4 Å². The highest BCUT2D eigenvalue weighted by Crippen LogP contribution is 2.39. The second-order valence-electron chi connectivity index (χ2n) is 4.95. The van der Waals surface area contributed by atoms with Gasteiger partial charge in [0.2, 0.25) is 0 Å².